The molecule has 0 radical (unpaired) electrons. The van der Waals surface area contributed by atoms with E-state index in [1.165, 1.54) is 24.5 Å². The molecule has 0 bridgehead atoms. The molecule has 0 fully saturated rings. The van der Waals surface area contributed by atoms with Crippen molar-refractivity contribution in [3.05, 3.63) is 114 Å². The summed E-state index contributed by atoms with van der Waals surface area (Å²) in [6.07, 6.45) is -0.605. The van der Waals surface area contributed by atoms with Gasteiger partial charge in [-0.1, -0.05) is 35.5 Å². The third-order valence-corrected chi connectivity index (χ3v) is 5.47. The SMILES string of the molecule is Fc1ccccc1-c1ccncc1CN1C(c2ccco2)=NOC1c1ccc(C(F)(F)F)cc1. The summed E-state index contributed by atoms with van der Waals surface area (Å²) in [7, 11) is 0. The van der Waals surface area contributed by atoms with Crippen molar-refractivity contribution >= 4 is 5.84 Å². The van der Waals surface area contributed by atoms with Gasteiger partial charge in [-0.2, -0.15) is 13.2 Å². The Morgan fingerprint density at radius 3 is 2.41 bits per heavy atom. The molecule has 4 aromatic rings. The predicted octanol–water partition coefficient (Wildman–Crippen LogP) is 6.39. The van der Waals surface area contributed by atoms with Crippen LogP contribution in [0.5, 0.6) is 0 Å². The molecule has 34 heavy (non-hydrogen) atoms. The molecule has 9 heteroatoms. The first-order valence-corrected chi connectivity index (χ1v) is 10.3. The Morgan fingerprint density at radius 2 is 1.71 bits per heavy atom. The molecule has 0 aliphatic carbocycles. The molecule has 1 atom stereocenters. The summed E-state index contributed by atoms with van der Waals surface area (Å²) in [6, 6.07) is 16.2. The maximum absolute atomic E-state index is 14.6. The quantitative estimate of drug-likeness (QED) is 0.319. The average molecular weight is 467 g/mol. The second kappa shape index (κ2) is 8.66. The van der Waals surface area contributed by atoms with Crippen LogP contribution in [0.1, 0.15) is 28.7 Å². The van der Waals surface area contributed by atoms with E-state index in [0.717, 1.165) is 12.1 Å². The highest BCUT2D eigenvalue weighted by molar-refractivity contribution is 5.96. The van der Waals surface area contributed by atoms with E-state index in [0.29, 0.717) is 33.8 Å². The fraction of sp³-hybridized carbons (Fsp3) is 0.120. The van der Waals surface area contributed by atoms with Crippen molar-refractivity contribution in [1.82, 2.24) is 9.88 Å². The Bertz CT molecular complexity index is 1320. The minimum atomic E-state index is -4.45. The summed E-state index contributed by atoms with van der Waals surface area (Å²) in [5.41, 5.74) is 1.42. The molecular formula is C25H17F4N3O2. The number of hydrogen-bond acceptors (Lipinski definition) is 5. The minimum absolute atomic E-state index is 0.183. The monoisotopic (exact) mass is 467 g/mol. The predicted molar refractivity (Wildman–Crippen MR) is 116 cm³/mol. The van der Waals surface area contributed by atoms with E-state index in [2.05, 4.69) is 10.1 Å². The molecule has 0 saturated carbocycles. The number of nitrogens with zero attached hydrogens (tertiary/aromatic N) is 3. The minimum Gasteiger partial charge on any atom is -0.461 e. The van der Waals surface area contributed by atoms with Gasteiger partial charge >= 0.3 is 6.18 Å². The first-order chi connectivity index (χ1) is 16.4. The van der Waals surface area contributed by atoms with Crippen LogP contribution in [0.15, 0.2) is 95.0 Å². The van der Waals surface area contributed by atoms with Gasteiger partial charge in [0.25, 0.3) is 0 Å². The van der Waals surface area contributed by atoms with E-state index in [4.69, 9.17) is 9.25 Å². The van der Waals surface area contributed by atoms with Crippen molar-refractivity contribution < 1.29 is 26.8 Å². The molecule has 0 amide bonds. The maximum Gasteiger partial charge on any atom is 0.416 e. The van der Waals surface area contributed by atoms with Crippen LogP contribution >= 0.6 is 0 Å². The number of alkyl halides is 3. The van der Waals surface area contributed by atoms with Crippen LogP contribution in [0, 0.1) is 5.82 Å². The summed E-state index contributed by atoms with van der Waals surface area (Å²) < 4.78 is 59.1. The van der Waals surface area contributed by atoms with Gasteiger partial charge in [-0.3, -0.25) is 4.98 Å². The largest absolute Gasteiger partial charge is 0.461 e. The van der Waals surface area contributed by atoms with E-state index in [1.54, 1.807) is 53.7 Å². The van der Waals surface area contributed by atoms with Gasteiger partial charge in [-0.05, 0) is 47.5 Å². The molecule has 0 N–H and O–H groups in total. The number of amidine groups is 1. The van der Waals surface area contributed by atoms with Gasteiger partial charge in [0.1, 0.15) is 5.82 Å². The standard InChI is InChI=1S/C25H17F4N3O2/c26-21-5-2-1-4-20(21)19-11-12-30-14-17(19)15-32-23(22-6-3-13-33-22)31-34-24(32)16-7-9-18(10-8-16)25(27,28)29/h1-14,24H,15H2. The van der Waals surface area contributed by atoms with Crippen LogP contribution in [0.2, 0.25) is 0 Å². The van der Waals surface area contributed by atoms with Gasteiger partial charge in [0.15, 0.2) is 5.76 Å². The molecule has 0 saturated heterocycles. The summed E-state index contributed by atoms with van der Waals surface area (Å²) >= 11 is 0. The van der Waals surface area contributed by atoms with Crippen LogP contribution < -0.4 is 0 Å². The van der Waals surface area contributed by atoms with E-state index >= 15 is 0 Å². The highest BCUT2D eigenvalue weighted by Crippen LogP contribution is 2.36. The molecule has 5 rings (SSSR count). The fourth-order valence-corrected chi connectivity index (χ4v) is 3.83. The second-order valence-corrected chi connectivity index (χ2v) is 7.61. The zero-order valence-corrected chi connectivity index (χ0v) is 17.5. The Labute approximate surface area is 191 Å². The molecular weight excluding hydrogens is 450 g/mol. The average Bonchev–Trinajstić information content (AvgIpc) is 3.50. The molecule has 1 aliphatic rings. The number of halogens is 4. The summed E-state index contributed by atoms with van der Waals surface area (Å²) in [5, 5.41) is 4.14. The van der Waals surface area contributed by atoms with Crippen LogP contribution in [-0.2, 0) is 17.6 Å². The third-order valence-electron chi connectivity index (χ3n) is 5.47. The van der Waals surface area contributed by atoms with E-state index in [-0.39, 0.29) is 12.4 Å². The fourth-order valence-electron chi connectivity index (χ4n) is 3.83. The van der Waals surface area contributed by atoms with Crippen molar-refractivity contribution in [2.45, 2.75) is 18.9 Å². The van der Waals surface area contributed by atoms with Crippen molar-refractivity contribution in [3.8, 4) is 11.1 Å². The molecule has 1 aliphatic heterocycles. The number of pyridine rings is 1. The van der Waals surface area contributed by atoms with Gasteiger partial charge in [0.2, 0.25) is 12.1 Å². The second-order valence-electron chi connectivity index (χ2n) is 7.61. The molecule has 2 aromatic heterocycles. The Morgan fingerprint density at radius 1 is 0.912 bits per heavy atom. The molecule has 172 valence electrons. The van der Waals surface area contributed by atoms with Crippen molar-refractivity contribution in [2.75, 3.05) is 0 Å². The van der Waals surface area contributed by atoms with Gasteiger partial charge < -0.3 is 14.2 Å². The van der Waals surface area contributed by atoms with E-state index in [9.17, 15) is 17.6 Å². The van der Waals surface area contributed by atoms with Crippen LogP contribution in [-0.4, -0.2) is 15.7 Å². The highest BCUT2D eigenvalue weighted by atomic mass is 19.4. The molecule has 2 aromatic carbocycles. The molecule has 5 nitrogen and oxygen atoms in total. The number of aromatic nitrogens is 1. The molecule has 3 heterocycles. The topological polar surface area (TPSA) is 50.9 Å². The van der Waals surface area contributed by atoms with E-state index < -0.39 is 18.0 Å². The Hall–Kier alpha value is -4.14. The van der Waals surface area contributed by atoms with Crippen molar-refractivity contribution in [1.29, 1.82) is 0 Å². The zero-order chi connectivity index (χ0) is 23.7. The summed E-state index contributed by atoms with van der Waals surface area (Å²) in [6.45, 7) is 0.183. The lowest BCUT2D eigenvalue weighted by molar-refractivity contribution is -0.137. The van der Waals surface area contributed by atoms with Crippen molar-refractivity contribution in [3.63, 3.8) is 0 Å². The summed E-state index contributed by atoms with van der Waals surface area (Å²) in [4.78, 5) is 11.6. The smallest absolute Gasteiger partial charge is 0.416 e. The Balaban J connectivity index is 1.53. The number of oxime groups is 1. The molecule has 0 spiro atoms. The third kappa shape index (κ3) is 4.12. The van der Waals surface area contributed by atoms with Gasteiger partial charge in [0.05, 0.1) is 18.4 Å². The van der Waals surface area contributed by atoms with Gasteiger partial charge in [-0.25, -0.2) is 4.39 Å². The number of hydrogen-bond donors (Lipinski definition) is 0. The lowest BCUT2D eigenvalue weighted by atomic mass is 10.0. The number of benzene rings is 2. The van der Waals surface area contributed by atoms with Gasteiger partial charge in [-0.15, -0.1) is 0 Å². The lowest BCUT2D eigenvalue weighted by Crippen LogP contribution is -2.31. The lowest BCUT2D eigenvalue weighted by Gasteiger charge is -2.26. The van der Waals surface area contributed by atoms with Gasteiger partial charge in [0, 0.05) is 23.5 Å². The zero-order valence-electron chi connectivity index (χ0n) is 17.5. The highest BCUT2D eigenvalue weighted by Gasteiger charge is 2.36. The first-order valence-electron chi connectivity index (χ1n) is 10.3. The first kappa shape index (κ1) is 21.7. The van der Waals surface area contributed by atoms with Crippen LogP contribution in [0.4, 0.5) is 17.6 Å². The molecule has 1 unspecified atom stereocenters. The maximum atomic E-state index is 14.6. The van der Waals surface area contributed by atoms with Crippen LogP contribution in [0.25, 0.3) is 11.1 Å². The Kier molecular flexibility index (Phi) is 5.53. The summed E-state index contributed by atoms with van der Waals surface area (Å²) in [5.74, 6) is 0.399. The van der Waals surface area contributed by atoms with Crippen molar-refractivity contribution in [2.24, 2.45) is 5.16 Å². The number of furan rings is 1. The normalized spacial score (nSPS) is 15.8. The van der Waals surface area contributed by atoms with Crippen LogP contribution in [0.3, 0.4) is 0 Å². The van der Waals surface area contributed by atoms with E-state index in [1.807, 2.05) is 0 Å². The number of rotatable bonds is 5.